The van der Waals surface area contributed by atoms with Crippen LogP contribution in [-0.4, -0.2) is 73.7 Å². The van der Waals surface area contributed by atoms with Crippen molar-refractivity contribution in [3.05, 3.63) is 59.9 Å². The van der Waals surface area contributed by atoms with Gasteiger partial charge in [-0.1, -0.05) is 49.9 Å². The molecule has 7 nitrogen and oxygen atoms in total. The van der Waals surface area contributed by atoms with Crippen molar-refractivity contribution in [1.82, 2.24) is 9.80 Å². The summed E-state index contributed by atoms with van der Waals surface area (Å²) < 4.78 is 31.9. The quantitative estimate of drug-likeness (QED) is 0.508. The standard InChI is InChI=1S/C30H39FN2O5/c1-32-18-10-4-2-3-5-11-19-37-27-21-33(22-28(27)38-25-15-8-6-13-23(25)30(32)35)29(34)17-12-20-36-26-16-9-7-14-24(26)31/h6-9,13-16,27-28H,2-5,10-12,17-22H2,1H3/t27-,28-/m1/s1. The van der Waals surface area contributed by atoms with Gasteiger partial charge in [0.15, 0.2) is 11.6 Å². The highest BCUT2D eigenvalue weighted by atomic mass is 19.1. The van der Waals surface area contributed by atoms with Gasteiger partial charge in [-0.15, -0.1) is 0 Å². The Morgan fingerprint density at radius 2 is 1.68 bits per heavy atom. The maximum atomic E-state index is 13.8. The molecule has 0 saturated carbocycles. The molecule has 38 heavy (non-hydrogen) atoms. The van der Waals surface area contributed by atoms with E-state index in [1.807, 2.05) is 25.2 Å². The highest BCUT2D eigenvalue weighted by molar-refractivity contribution is 5.96. The van der Waals surface area contributed by atoms with E-state index in [9.17, 15) is 14.0 Å². The Kier molecular flexibility index (Phi) is 10.4. The Labute approximate surface area is 224 Å². The van der Waals surface area contributed by atoms with Crippen molar-refractivity contribution in [1.29, 1.82) is 0 Å². The van der Waals surface area contributed by atoms with E-state index in [2.05, 4.69) is 0 Å². The first kappa shape index (κ1) is 27.9. The van der Waals surface area contributed by atoms with E-state index in [-0.39, 0.29) is 42.8 Å². The molecule has 4 rings (SSSR count). The van der Waals surface area contributed by atoms with Crippen molar-refractivity contribution in [2.45, 2.75) is 63.6 Å². The van der Waals surface area contributed by atoms with Crippen LogP contribution in [0, 0.1) is 5.82 Å². The molecule has 2 aromatic carbocycles. The molecule has 206 valence electrons. The molecule has 2 aromatic rings. The van der Waals surface area contributed by atoms with Gasteiger partial charge in [0.25, 0.3) is 5.91 Å². The van der Waals surface area contributed by atoms with Crippen molar-refractivity contribution in [2.75, 3.05) is 39.9 Å². The average molecular weight is 527 g/mol. The van der Waals surface area contributed by atoms with Gasteiger partial charge in [0.05, 0.1) is 25.3 Å². The summed E-state index contributed by atoms with van der Waals surface area (Å²) in [4.78, 5) is 29.7. The van der Waals surface area contributed by atoms with Crippen LogP contribution in [0.15, 0.2) is 48.5 Å². The lowest BCUT2D eigenvalue weighted by Gasteiger charge is -2.24. The minimum atomic E-state index is -0.412. The van der Waals surface area contributed by atoms with E-state index >= 15 is 0 Å². The number of hydrogen-bond donors (Lipinski definition) is 0. The van der Waals surface area contributed by atoms with Crippen LogP contribution in [-0.2, 0) is 9.53 Å². The zero-order chi connectivity index (χ0) is 26.7. The normalized spacial score (nSPS) is 21.4. The Hall–Kier alpha value is -3.13. The Morgan fingerprint density at radius 3 is 2.53 bits per heavy atom. The van der Waals surface area contributed by atoms with Gasteiger partial charge in [0.1, 0.15) is 18.0 Å². The summed E-state index contributed by atoms with van der Waals surface area (Å²) in [7, 11) is 1.83. The molecule has 2 amide bonds. The predicted molar refractivity (Wildman–Crippen MR) is 143 cm³/mol. The third-order valence-electron chi connectivity index (χ3n) is 7.16. The molecule has 0 aliphatic carbocycles. The molecular formula is C30H39FN2O5. The lowest BCUT2D eigenvalue weighted by atomic mass is 10.1. The van der Waals surface area contributed by atoms with Crippen molar-refractivity contribution < 1.29 is 28.2 Å². The third kappa shape index (κ3) is 7.69. The number of hydrogen-bond acceptors (Lipinski definition) is 5. The van der Waals surface area contributed by atoms with E-state index in [1.165, 1.54) is 6.07 Å². The second-order valence-electron chi connectivity index (χ2n) is 10.1. The molecule has 2 atom stereocenters. The number of nitrogens with zero attached hydrogens (tertiary/aromatic N) is 2. The van der Waals surface area contributed by atoms with Gasteiger partial charge >= 0.3 is 0 Å². The number of carbonyl (C=O) groups excluding carboxylic acids is 2. The minimum Gasteiger partial charge on any atom is -0.491 e. The lowest BCUT2D eigenvalue weighted by Crippen LogP contribution is -2.34. The number of para-hydroxylation sites is 2. The number of rotatable bonds is 5. The van der Waals surface area contributed by atoms with Gasteiger partial charge < -0.3 is 24.0 Å². The molecule has 1 fully saturated rings. The molecule has 2 aliphatic rings. The first-order valence-corrected chi connectivity index (χ1v) is 13.8. The maximum Gasteiger partial charge on any atom is 0.257 e. The fraction of sp³-hybridized carbons (Fsp3) is 0.533. The van der Waals surface area contributed by atoms with Crippen molar-refractivity contribution in [2.24, 2.45) is 0 Å². The van der Waals surface area contributed by atoms with Crippen LogP contribution in [0.4, 0.5) is 4.39 Å². The molecule has 0 radical (unpaired) electrons. The minimum absolute atomic E-state index is 0.0168. The topological polar surface area (TPSA) is 68.3 Å². The monoisotopic (exact) mass is 526 g/mol. The molecule has 0 spiro atoms. The largest absolute Gasteiger partial charge is 0.491 e. The number of fused-ring (bicyclic) bond motifs is 2. The average Bonchev–Trinajstić information content (AvgIpc) is 3.32. The predicted octanol–water partition coefficient (Wildman–Crippen LogP) is 5.09. The summed E-state index contributed by atoms with van der Waals surface area (Å²) in [5, 5.41) is 0. The zero-order valence-corrected chi connectivity index (χ0v) is 22.3. The van der Waals surface area contributed by atoms with Crippen molar-refractivity contribution in [3.8, 4) is 11.5 Å². The van der Waals surface area contributed by atoms with Crippen LogP contribution >= 0.6 is 0 Å². The summed E-state index contributed by atoms with van der Waals surface area (Å²) in [6.07, 6.45) is 6.56. The molecule has 8 heteroatoms. The second-order valence-corrected chi connectivity index (χ2v) is 10.1. The molecule has 0 unspecified atom stereocenters. The number of carbonyl (C=O) groups is 2. The highest BCUT2D eigenvalue weighted by Crippen LogP contribution is 2.26. The van der Waals surface area contributed by atoms with E-state index < -0.39 is 5.82 Å². The summed E-state index contributed by atoms with van der Waals surface area (Å²) in [5.74, 6) is 0.215. The first-order chi connectivity index (χ1) is 18.5. The third-order valence-corrected chi connectivity index (χ3v) is 7.16. The molecule has 2 aliphatic heterocycles. The summed E-state index contributed by atoms with van der Waals surface area (Å²) >= 11 is 0. The summed E-state index contributed by atoms with van der Waals surface area (Å²) in [5.41, 5.74) is 0.524. The van der Waals surface area contributed by atoms with Crippen molar-refractivity contribution >= 4 is 11.8 Å². The number of ether oxygens (including phenoxy) is 3. The molecule has 1 saturated heterocycles. The second kappa shape index (κ2) is 14.1. The van der Waals surface area contributed by atoms with Crippen LogP contribution in [0.2, 0.25) is 0 Å². The smallest absolute Gasteiger partial charge is 0.257 e. The summed E-state index contributed by atoms with van der Waals surface area (Å²) in [6.45, 7) is 2.41. The number of amides is 2. The Bertz CT molecular complexity index is 1060. The first-order valence-electron chi connectivity index (χ1n) is 13.8. The number of likely N-dealkylation sites (tertiary alicyclic amines) is 1. The number of benzene rings is 2. The van der Waals surface area contributed by atoms with E-state index in [0.717, 1.165) is 38.5 Å². The maximum absolute atomic E-state index is 13.8. The van der Waals surface area contributed by atoms with Crippen LogP contribution in [0.25, 0.3) is 0 Å². The Balaban J connectivity index is 1.39. The van der Waals surface area contributed by atoms with Crippen LogP contribution in [0.5, 0.6) is 11.5 Å². The zero-order valence-electron chi connectivity index (χ0n) is 22.3. The van der Waals surface area contributed by atoms with E-state index in [1.54, 1.807) is 34.1 Å². The summed E-state index contributed by atoms with van der Waals surface area (Å²) in [6, 6.07) is 13.5. The Morgan fingerprint density at radius 1 is 0.974 bits per heavy atom. The molecule has 0 N–H and O–H groups in total. The van der Waals surface area contributed by atoms with Gasteiger partial charge in [-0.25, -0.2) is 4.39 Å². The van der Waals surface area contributed by atoms with Gasteiger partial charge in [-0.2, -0.15) is 0 Å². The van der Waals surface area contributed by atoms with Gasteiger partial charge in [0.2, 0.25) is 5.91 Å². The number of halogens is 1. The van der Waals surface area contributed by atoms with Crippen LogP contribution < -0.4 is 9.47 Å². The van der Waals surface area contributed by atoms with Gasteiger partial charge in [-0.3, -0.25) is 9.59 Å². The molecular weight excluding hydrogens is 487 g/mol. The van der Waals surface area contributed by atoms with E-state index in [0.29, 0.717) is 44.0 Å². The van der Waals surface area contributed by atoms with Crippen LogP contribution in [0.1, 0.15) is 61.7 Å². The van der Waals surface area contributed by atoms with Gasteiger partial charge in [0, 0.05) is 26.6 Å². The molecule has 0 bridgehead atoms. The lowest BCUT2D eigenvalue weighted by molar-refractivity contribution is -0.131. The van der Waals surface area contributed by atoms with Gasteiger partial charge in [-0.05, 0) is 43.5 Å². The SMILES string of the molecule is CN1CCCCCCCCO[C@@H]2CN(C(=O)CCCOc3ccccc3F)C[C@H]2Oc2ccccc2C1=O. The van der Waals surface area contributed by atoms with Crippen LogP contribution in [0.3, 0.4) is 0 Å². The highest BCUT2D eigenvalue weighted by Gasteiger charge is 2.38. The fourth-order valence-electron chi connectivity index (χ4n) is 4.96. The van der Waals surface area contributed by atoms with E-state index in [4.69, 9.17) is 14.2 Å². The fourth-order valence-corrected chi connectivity index (χ4v) is 4.96. The molecule has 2 heterocycles. The van der Waals surface area contributed by atoms with Crippen molar-refractivity contribution in [3.63, 3.8) is 0 Å². The molecule has 0 aromatic heterocycles.